The van der Waals surface area contributed by atoms with Crippen molar-refractivity contribution in [2.24, 2.45) is 0 Å². The number of rotatable bonds is 4. The second kappa shape index (κ2) is 8.35. The second-order valence-electron chi connectivity index (χ2n) is 8.16. The fourth-order valence-electron chi connectivity index (χ4n) is 4.48. The molecule has 0 aliphatic heterocycles. The van der Waals surface area contributed by atoms with Crippen LogP contribution in [-0.2, 0) is 11.3 Å². The monoisotopic (exact) mass is 451 g/mol. The van der Waals surface area contributed by atoms with Crippen LogP contribution in [0, 0.1) is 5.82 Å². The lowest BCUT2D eigenvalue weighted by Crippen LogP contribution is -2.43. The van der Waals surface area contributed by atoms with Gasteiger partial charge in [0, 0.05) is 16.1 Å². The minimum atomic E-state index is -0.614. The highest BCUT2D eigenvalue weighted by Crippen LogP contribution is 2.31. The molecule has 5 rings (SSSR count). The van der Waals surface area contributed by atoms with Gasteiger partial charge in [-0.3, -0.25) is 14.2 Å². The van der Waals surface area contributed by atoms with Gasteiger partial charge in [-0.1, -0.05) is 37.5 Å². The summed E-state index contributed by atoms with van der Waals surface area (Å²) < 4.78 is 17.1. The lowest BCUT2D eigenvalue weighted by atomic mass is 9.95. The van der Waals surface area contributed by atoms with Crippen molar-refractivity contribution in [1.29, 1.82) is 0 Å². The van der Waals surface area contributed by atoms with Crippen molar-refractivity contribution in [3.63, 3.8) is 0 Å². The van der Waals surface area contributed by atoms with Crippen LogP contribution in [0.15, 0.2) is 58.1 Å². The fraction of sp³-hybridized carbons (Fsp3) is 0.292. The summed E-state index contributed by atoms with van der Waals surface area (Å²) in [5.74, 6) is -0.711. The quantitative estimate of drug-likeness (QED) is 0.511. The Morgan fingerprint density at radius 3 is 2.50 bits per heavy atom. The average Bonchev–Trinajstić information content (AvgIpc) is 3.19. The SMILES string of the molecule is O=C(Cn1c(=O)n(-c2ccc(F)cc2)c(=O)c2sc3ccccc3c21)NC1CCCCC1. The van der Waals surface area contributed by atoms with Gasteiger partial charge in [0.05, 0.1) is 11.2 Å². The van der Waals surface area contributed by atoms with Crippen LogP contribution >= 0.6 is 11.3 Å². The minimum absolute atomic E-state index is 0.115. The molecular weight excluding hydrogens is 429 g/mol. The number of aromatic nitrogens is 2. The fourth-order valence-corrected chi connectivity index (χ4v) is 5.61. The van der Waals surface area contributed by atoms with E-state index in [9.17, 15) is 18.8 Å². The zero-order chi connectivity index (χ0) is 22.2. The van der Waals surface area contributed by atoms with Crippen molar-refractivity contribution in [1.82, 2.24) is 14.5 Å². The zero-order valence-electron chi connectivity index (χ0n) is 17.3. The molecule has 0 unspecified atom stereocenters. The molecule has 1 aliphatic carbocycles. The van der Waals surface area contributed by atoms with E-state index in [-0.39, 0.29) is 24.2 Å². The molecule has 32 heavy (non-hydrogen) atoms. The molecule has 0 saturated heterocycles. The van der Waals surface area contributed by atoms with Gasteiger partial charge in [0.2, 0.25) is 5.91 Å². The molecule has 164 valence electrons. The smallest absolute Gasteiger partial charge is 0.336 e. The van der Waals surface area contributed by atoms with Gasteiger partial charge in [0.25, 0.3) is 5.56 Å². The topological polar surface area (TPSA) is 73.1 Å². The van der Waals surface area contributed by atoms with Crippen molar-refractivity contribution in [2.75, 3.05) is 0 Å². The number of fused-ring (bicyclic) bond motifs is 3. The van der Waals surface area contributed by atoms with Gasteiger partial charge in [-0.15, -0.1) is 11.3 Å². The van der Waals surface area contributed by atoms with Gasteiger partial charge in [0.15, 0.2) is 0 Å². The molecule has 0 bridgehead atoms. The number of hydrogen-bond acceptors (Lipinski definition) is 4. The molecule has 4 aromatic rings. The molecule has 1 amide bonds. The van der Waals surface area contributed by atoms with E-state index in [1.54, 1.807) is 0 Å². The van der Waals surface area contributed by atoms with Crippen LogP contribution in [0.5, 0.6) is 0 Å². The molecule has 2 heterocycles. The molecule has 0 spiro atoms. The first-order chi connectivity index (χ1) is 15.5. The Balaban J connectivity index is 1.68. The summed E-state index contributed by atoms with van der Waals surface area (Å²) in [4.78, 5) is 39.7. The number of halogens is 1. The van der Waals surface area contributed by atoms with Crippen LogP contribution in [-0.4, -0.2) is 21.1 Å². The van der Waals surface area contributed by atoms with E-state index in [0.717, 1.165) is 40.3 Å². The van der Waals surface area contributed by atoms with Crippen LogP contribution < -0.4 is 16.6 Å². The summed E-state index contributed by atoms with van der Waals surface area (Å²) in [6.07, 6.45) is 5.22. The van der Waals surface area contributed by atoms with Crippen LogP contribution in [0.3, 0.4) is 0 Å². The molecule has 1 fully saturated rings. The highest BCUT2D eigenvalue weighted by atomic mass is 32.1. The van der Waals surface area contributed by atoms with Gasteiger partial charge in [-0.2, -0.15) is 0 Å². The summed E-state index contributed by atoms with van der Waals surface area (Å²) >= 11 is 1.29. The number of nitrogens with one attached hydrogen (secondary N) is 1. The Morgan fingerprint density at radius 2 is 1.75 bits per heavy atom. The third-order valence-electron chi connectivity index (χ3n) is 6.02. The Hall–Kier alpha value is -3.26. The molecule has 1 aliphatic rings. The van der Waals surface area contributed by atoms with E-state index >= 15 is 0 Å². The molecule has 0 atom stereocenters. The maximum absolute atomic E-state index is 13.5. The van der Waals surface area contributed by atoms with E-state index in [1.165, 1.54) is 46.6 Å². The third kappa shape index (κ3) is 3.64. The number of carbonyl (C=O) groups excluding carboxylic acids is 1. The Morgan fingerprint density at radius 1 is 1.03 bits per heavy atom. The average molecular weight is 452 g/mol. The first-order valence-corrected chi connectivity index (χ1v) is 11.6. The normalized spacial score (nSPS) is 14.8. The summed E-state index contributed by atoms with van der Waals surface area (Å²) in [5, 5.41) is 3.81. The van der Waals surface area contributed by atoms with E-state index < -0.39 is 17.1 Å². The molecule has 6 nitrogen and oxygen atoms in total. The predicted molar refractivity (Wildman–Crippen MR) is 124 cm³/mol. The molecule has 8 heteroatoms. The molecule has 1 saturated carbocycles. The number of nitrogens with zero attached hydrogens (tertiary/aromatic N) is 2. The van der Waals surface area contributed by atoms with Gasteiger partial charge < -0.3 is 5.32 Å². The Bertz CT molecular complexity index is 1430. The first kappa shape index (κ1) is 20.6. The van der Waals surface area contributed by atoms with Crippen LogP contribution in [0.25, 0.3) is 26.0 Å². The number of carbonyl (C=O) groups is 1. The number of hydrogen-bond donors (Lipinski definition) is 1. The minimum Gasteiger partial charge on any atom is -0.352 e. The van der Waals surface area contributed by atoms with Gasteiger partial charge in [-0.25, -0.2) is 13.8 Å². The highest BCUT2D eigenvalue weighted by molar-refractivity contribution is 7.25. The predicted octanol–water partition coefficient (Wildman–Crippen LogP) is 3.96. The number of thiophene rings is 1. The first-order valence-electron chi connectivity index (χ1n) is 10.8. The van der Waals surface area contributed by atoms with Crippen molar-refractivity contribution in [3.8, 4) is 5.69 Å². The lowest BCUT2D eigenvalue weighted by molar-refractivity contribution is -0.122. The zero-order valence-corrected chi connectivity index (χ0v) is 18.2. The Labute approximate surface area is 186 Å². The summed E-state index contributed by atoms with van der Waals surface area (Å²) in [5.41, 5.74) is -0.349. The van der Waals surface area contributed by atoms with Gasteiger partial charge >= 0.3 is 5.69 Å². The van der Waals surface area contributed by atoms with Crippen LogP contribution in [0.4, 0.5) is 4.39 Å². The van der Waals surface area contributed by atoms with Crippen LogP contribution in [0.2, 0.25) is 0 Å². The molecule has 2 aromatic carbocycles. The Kier molecular flexibility index (Phi) is 5.38. The third-order valence-corrected chi connectivity index (χ3v) is 7.16. The van der Waals surface area contributed by atoms with E-state index in [1.807, 2.05) is 24.3 Å². The molecule has 2 aromatic heterocycles. The largest absolute Gasteiger partial charge is 0.352 e. The van der Waals surface area contributed by atoms with Crippen molar-refractivity contribution >= 4 is 37.5 Å². The standard InChI is InChI=1S/C24H22FN3O3S/c25-15-10-12-17(13-11-15)28-23(30)22-21(18-8-4-5-9-19(18)32-22)27(24(28)31)14-20(29)26-16-6-2-1-3-7-16/h4-5,8-13,16H,1-3,6-7,14H2,(H,26,29). The number of amides is 1. The summed E-state index contributed by atoms with van der Waals surface area (Å²) in [7, 11) is 0. The summed E-state index contributed by atoms with van der Waals surface area (Å²) in [6, 6.07) is 12.8. The van der Waals surface area contributed by atoms with E-state index in [0.29, 0.717) is 10.2 Å². The number of benzene rings is 2. The van der Waals surface area contributed by atoms with Crippen molar-refractivity contribution in [3.05, 3.63) is 75.2 Å². The maximum atomic E-state index is 13.5. The van der Waals surface area contributed by atoms with E-state index in [4.69, 9.17) is 0 Å². The summed E-state index contributed by atoms with van der Waals surface area (Å²) in [6.45, 7) is -0.186. The second-order valence-corrected chi connectivity index (χ2v) is 9.22. The van der Waals surface area contributed by atoms with Gasteiger partial charge in [0.1, 0.15) is 17.1 Å². The van der Waals surface area contributed by atoms with Gasteiger partial charge in [-0.05, 0) is 43.2 Å². The van der Waals surface area contributed by atoms with Crippen LogP contribution in [0.1, 0.15) is 32.1 Å². The lowest BCUT2D eigenvalue weighted by Gasteiger charge is -2.23. The molecule has 1 N–H and O–H groups in total. The van der Waals surface area contributed by atoms with E-state index in [2.05, 4.69) is 5.32 Å². The van der Waals surface area contributed by atoms with Crippen molar-refractivity contribution < 1.29 is 9.18 Å². The highest BCUT2D eigenvalue weighted by Gasteiger charge is 2.22. The molecular formula is C24H22FN3O3S. The molecule has 0 radical (unpaired) electrons. The van der Waals surface area contributed by atoms with Crippen molar-refractivity contribution in [2.45, 2.75) is 44.7 Å². The maximum Gasteiger partial charge on any atom is 0.336 e.